The lowest BCUT2D eigenvalue weighted by atomic mass is 9.95. The Morgan fingerprint density at radius 2 is 1.46 bits per heavy atom. The highest BCUT2D eigenvalue weighted by Crippen LogP contribution is 2.32. The van der Waals surface area contributed by atoms with Gasteiger partial charge in [0.05, 0.1) is 4.90 Å². The van der Waals surface area contributed by atoms with E-state index in [0.717, 1.165) is 11.1 Å². The Morgan fingerprint density at radius 3 is 2.04 bits per heavy atom. The lowest BCUT2D eigenvalue weighted by Crippen LogP contribution is -2.12. The molecule has 0 aliphatic heterocycles. The largest absolute Gasteiger partial charge is 0.398 e. The van der Waals surface area contributed by atoms with Gasteiger partial charge in [-0.15, -0.1) is 0 Å². The minimum Gasteiger partial charge on any atom is -0.398 e. The summed E-state index contributed by atoms with van der Waals surface area (Å²) in [5, 5.41) is 5.13. The Balaban J connectivity index is 2.19. The molecule has 3 aromatic carbocycles. The minimum absolute atomic E-state index is 0.0758. The molecule has 0 atom stereocenters. The van der Waals surface area contributed by atoms with Crippen molar-refractivity contribution in [2.45, 2.75) is 4.90 Å². The van der Waals surface area contributed by atoms with Crippen molar-refractivity contribution < 1.29 is 13.2 Å². The molecular formula is C19H17N3O3S. The van der Waals surface area contributed by atoms with Crippen molar-refractivity contribution in [3.63, 3.8) is 0 Å². The number of rotatable bonds is 4. The molecule has 0 bridgehead atoms. The van der Waals surface area contributed by atoms with Crippen molar-refractivity contribution in [3.05, 3.63) is 72.3 Å². The molecule has 6 nitrogen and oxygen atoms in total. The van der Waals surface area contributed by atoms with E-state index < -0.39 is 15.9 Å². The number of sulfonamides is 1. The fraction of sp³-hybridized carbons (Fsp3) is 0. The van der Waals surface area contributed by atoms with Crippen LogP contribution in [0, 0.1) is 0 Å². The molecule has 0 saturated carbocycles. The minimum atomic E-state index is -3.85. The zero-order valence-corrected chi connectivity index (χ0v) is 14.5. The monoisotopic (exact) mass is 367 g/mol. The van der Waals surface area contributed by atoms with Crippen LogP contribution in [-0.2, 0) is 10.0 Å². The van der Waals surface area contributed by atoms with Gasteiger partial charge in [0.2, 0.25) is 15.9 Å². The fourth-order valence-corrected chi connectivity index (χ4v) is 3.25. The van der Waals surface area contributed by atoms with Crippen LogP contribution in [0.1, 0.15) is 10.4 Å². The molecule has 0 aliphatic rings. The van der Waals surface area contributed by atoms with E-state index in [1.54, 1.807) is 18.2 Å². The number of benzene rings is 3. The highest BCUT2D eigenvalue weighted by atomic mass is 32.2. The second-order valence-electron chi connectivity index (χ2n) is 5.82. The molecule has 1 amide bonds. The number of carbonyl (C=O) groups is 1. The third kappa shape index (κ3) is 3.58. The maximum absolute atomic E-state index is 11.7. The topological polar surface area (TPSA) is 129 Å². The molecule has 0 saturated heterocycles. The molecule has 0 aliphatic carbocycles. The van der Waals surface area contributed by atoms with Crippen molar-refractivity contribution >= 4 is 21.6 Å². The maximum atomic E-state index is 11.7. The van der Waals surface area contributed by atoms with Crippen LogP contribution < -0.4 is 16.6 Å². The normalized spacial score (nSPS) is 11.3. The van der Waals surface area contributed by atoms with Crippen LogP contribution >= 0.6 is 0 Å². The van der Waals surface area contributed by atoms with Gasteiger partial charge in [-0.3, -0.25) is 4.79 Å². The summed E-state index contributed by atoms with van der Waals surface area (Å²) < 4.78 is 23.0. The first-order chi connectivity index (χ1) is 12.3. The number of amides is 1. The second-order valence-corrected chi connectivity index (χ2v) is 7.38. The van der Waals surface area contributed by atoms with Gasteiger partial charge in [-0.25, -0.2) is 13.6 Å². The summed E-state index contributed by atoms with van der Waals surface area (Å²) >= 11 is 0. The van der Waals surface area contributed by atoms with Crippen molar-refractivity contribution in [2.75, 3.05) is 5.73 Å². The van der Waals surface area contributed by atoms with Crippen LogP contribution in [0.25, 0.3) is 22.3 Å². The zero-order valence-electron chi connectivity index (χ0n) is 13.7. The number of carbonyl (C=O) groups excluding carboxylic acids is 1. The molecule has 3 rings (SSSR count). The molecule has 0 radical (unpaired) electrons. The smallest absolute Gasteiger partial charge is 0.248 e. The molecule has 3 aromatic rings. The number of hydrogen-bond acceptors (Lipinski definition) is 4. The van der Waals surface area contributed by atoms with Gasteiger partial charge in [0.1, 0.15) is 0 Å². The number of anilines is 1. The van der Waals surface area contributed by atoms with Gasteiger partial charge >= 0.3 is 0 Å². The Morgan fingerprint density at radius 1 is 0.808 bits per heavy atom. The molecule has 0 aromatic heterocycles. The quantitative estimate of drug-likeness (QED) is 0.611. The summed E-state index contributed by atoms with van der Waals surface area (Å²) in [5.74, 6) is -0.566. The lowest BCUT2D eigenvalue weighted by molar-refractivity contribution is 0.100. The number of primary amides is 1. The van der Waals surface area contributed by atoms with Gasteiger partial charge in [-0.05, 0) is 47.0 Å². The standard InChI is InChI=1S/C19H17N3O3S/c20-18-11-16(26(22,24)25)6-7-17(18)14-8-13(9-15(10-14)19(21)23)12-4-2-1-3-5-12/h1-11H,20H2,(H2,21,23)(H2,22,24,25). The lowest BCUT2D eigenvalue weighted by Gasteiger charge is -2.12. The molecule has 7 heteroatoms. The van der Waals surface area contributed by atoms with Crippen molar-refractivity contribution in [3.8, 4) is 22.3 Å². The van der Waals surface area contributed by atoms with Gasteiger partial charge in [0, 0.05) is 16.8 Å². The van der Waals surface area contributed by atoms with E-state index in [2.05, 4.69) is 0 Å². The van der Waals surface area contributed by atoms with E-state index in [-0.39, 0.29) is 10.6 Å². The summed E-state index contributed by atoms with van der Waals surface area (Å²) in [4.78, 5) is 11.7. The Hall–Kier alpha value is -3.16. The average molecular weight is 367 g/mol. The van der Waals surface area contributed by atoms with Gasteiger partial charge in [-0.2, -0.15) is 0 Å². The van der Waals surface area contributed by atoms with Crippen LogP contribution in [0.4, 0.5) is 5.69 Å². The van der Waals surface area contributed by atoms with Crippen LogP contribution in [0.15, 0.2) is 71.6 Å². The molecule has 0 spiro atoms. The molecule has 132 valence electrons. The van der Waals surface area contributed by atoms with Gasteiger partial charge in [-0.1, -0.05) is 36.4 Å². The molecule has 6 N–H and O–H groups in total. The Bertz CT molecular complexity index is 1090. The SMILES string of the molecule is NC(=O)c1cc(-c2ccccc2)cc(-c2ccc(S(N)(=O)=O)cc2N)c1. The second kappa shape index (κ2) is 6.62. The number of nitrogen functional groups attached to an aromatic ring is 1. The average Bonchev–Trinajstić information content (AvgIpc) is 2.61. The van der Waals surface area contributed by atoms with Crippen LogP contribution in [-0.4, -0.2) is 14.3 Å². The number of primary sulfonamides is 1. The number of nitrogens with two attached hydrogens (primary N) is 3. The summed E-state index contributed by atoms with van der Waals surface area (Å²) in [6, 6.07) is 18.9. The van der Waals surface area contributed by atoms with E-state index in [9.17, 15) is 13.2 Å². The summed E-state index contributed by atoms with van der Waals surface area (Å²) in [6.45, 7) is 0. The first kappa shape index (κ1) is 17.7. The molecule has 26 heavy (non-hydrogen) atoms. The van der Waals surface area contributed by atoms with Crippen molar-refractivity contribution in [2.24, 2.45) is 10.9 Å². The van der Waals surface area contributed by atoms with Crippen LogP contribution in [0.5, 0.6) is 0 Å². The zero-order chi connectivity index (χ0) is 18.9. The van der Waals surface area contributed by atoms with Gasteiger partial charge < -0.3 is 11.5 Å². The van der Waals surface area contributed by atoms with E-state index >= 15 is 0 Å². The van der Waals surface area contributed by atoms with Crippen LogP contribution in [0.2, 0.25) is 0 Å². The van der Waals surface area contributed by atoms with E-state index in [1.807, 2.05) is 36.4 Å². The first-order valence-electron chi connectivity index (χ1n) is 7.69. The first-order valence-corrected chi connectivity index (χ1v) is 9.23. The van der Waals surface area contributed by atoms with Crippen LogP contribution in [0.3, 0.4) is 0 Å². The predicted octanol–water partition coefficient (Wildman–Crippen LogP) is 2.35. The summed E-state index contributed by atoms with van der Waals surface area (Å²) in [5.41, 5.74) is 15.0. The molecular weight excluding hydrogens is 350 g/mol. The van der Waals surface area contributed by atoms with Crippen molar-refractivity contribution in [1.82, 2.24) is 0 Å². The maximum Gasteiger partial charge on any atom is 0.248 e. The van der Waals surface area contributed by atoms with E-state index in [0.29, 0.717) is 16.7 Å². The van der Waals surface area contributed by atoms with Gasteiger partial charge in [0.25, 0.3) is 0 Å². The van der Waals surface area contributed by atoms with Crippen molar-refractivity contribution in [1.29, 1.82) is 0 Å². The highest BCUT2D eigenvalue weighted by Gasteiger charge is 2.14. The van der Waals surface area contributed by atoms with E-state index in [4.69, 9.17) is 16.6 Å². The third-order valence-electron chi connectivity index (χ3n) is 3.99. The Kier molecular flexibility index (Phi) is 4.50. The number of hydrogen-bond donors (Lipinski definition) is 3. The molecule has 0 unspecified atom stereocenters. The highest BCUT2D eigenvalue weighted by molar-refractivity contribution is 7.89. The molecule has 0 fully saturated rings. The fourth-order valence-electron chi connectivity index (χ4n) is 2.70. The van der Waals surface area contributed by atoms with E-state index in [1.165, 1.54) is 12.1 Å². The Labute approximate surface area is 151 Å². The molecule has 0 heterocycles. The third-order valence-corrected chi connectivity index (χ3v) is 4.90. The van der Waals surface area contributed by atoms with Gasteiger partial charge in [0.15, 0.2) is 0 Å². The summed E-state index contributed by atoms with van der Waals surface area (Å²) in [7, 11) is -3.85. The predicted molar refractivity (Wildman–Crippen MR) is 102 cm³/mol. The summed E-state index contributed by atoms with van der Waals surface area (Å²) in [6.07, 6.45) is 0.